The highest BCUT2D eigenvalue weighted by Crippen LogP contribution is 2.34. The lowest BCUT2D eigenvalue weighted by Gasteiger charge is -2.32. The largest absolute Gasteiger partial charge is 0.436 e. The van der Waals surface area contributed by atoms with Gasteiger partial charge in [0.25, 0.3) is 5.88 Å². The van der Waals surface area contributed by atoms with E-state index in [9.17, 15) is 13.7 Å². The second-order valence-electron chi connectivity index (χ2n) is 9.62. The number of likely N-dealkylation sites (tertiary alicyclic amines) is 1. The zero-order valence-electron chi connectivity index (χ0n) is 21.4. The molecule has 0 radical (unpaired) electrons. The summed E-state index contributed by atoms with van der Waals surface area (Å²) in [4.78, 5) is 17.2. The Balaban J connectivity index is 1.25. The predicted octanol–water partition coefficient (Wildman–Crippen LogP) is 4.85. The fourth-order valence-electron chi connectivity index (χ4n) is 4.66. The molecule has 0 bridgehead atoms. The number of aromatic nitrogens is 3. The summed E-state index contributed by atoms with van der Waals surface area (Å²) in [6.07, 6.45) is 3.07. The highest BCUT2D eigenvalue weighted by Gasteiger charge is 2.22. The standard InChI is InChI=1S/C27H28N6O3S2/c1-17-12-20(14-28)13-18(2)24(17)36-25-23-26(37-16-29-23)32-27(31-25)30-21-8-10-33(11-9-21)15-19-4-6-22(7-5-19)38(3,34)35/h4-7,12-13,16,21H,8-11,15H2,1-3H3,(H,30,31,32). The van der Waals surface area contributed by atoms with E-state index in [2.05, 4.69) is 31.2 Å². The molecule has 5 rings (SSSR count). The number of fused-ring (bicyclic) bond motifs is 1. The average Bonchev–Trinajstić information content (AvgIpc) is 3.36. The van der Waals surface area contributed by atoms with Gasteiger partial charge in [-0.25, -0.2) is 13.4 Å². The van der Waals surface area contributed by atoms with Crippen molar-refractivity contribution in [2.45, 2.75) is 44.2 Å². The van der Waals surface area contributed by atoms with Crippen molar-refractivity contribution in [2.24, 2.45) is 0 Å². The number of anilines is 1. The zero-order valence-corrected chi connectivity index (χ0v) is 23.1. The first-order valence-electron chi connectivity index (χ1n) is 12.3. The van der Waals surface area contributed by atoms with E-state index in [1.807, 2.05) is 26.0 Å². The van der Waals surface area contributed by atoms with Gasteiger partial charge < -0.3 is 10.1 Å². The number of nitrogens with one attached hydrogen (secondary N) is 1. The van der Waals surface area contributed by atoms with E-state index in [0.29, 0.717) is 33.6 Å². The van der Waals surface area contributed by atoms with Gasteiger partial charge in [0.05, 0.1) is 22.0 Å². The molecule has 1 aliphatic rings. The molecule has 3 heterocycles. The molecule has 1 aliphatic heterocycles. The molecule has 1 saturated heterocycles. The molecule has 38 heavy (non-hydrogen) atoms. The number of rotatable bonds is 7. The third-order valence-electron chi connectivity index (χ3n) is 6.63. The van der Waals surface area contributed by atoms with Crippen molar-refractivity contribution >= 4 is 37.5 Å². The molecule has 0 saturated carbocycles. The number of sulfone groups is 1. The van der Waals surface area contributed by atoms with E-state index >= 15 is 0 Å². The Kier molecular flexibility index (Phi) is 7.29. The maximum Gasteiger partial charge on any atom is 0.252 e. The molecule has 4 aromatic rings. The molecule has 0 aliphatic carbocycles. The first-order valence-corrected chi connectivity index (χ1v) is 15.0. The topological polar surface area (TPSA) is 121 Å². The van der Waals surface area contributed by atoms with Gasteiger partial charge in [-0.1, -0.05) is 12.1 Å². The van der Waals surface area contributed by atoms with Gasteiger partial charge in [0.1, 0.15) is 5.75 Å². The Morgan fingerprint density at radius 2 is 1.82 bits per heavy atom. The lowest BCUT2D eigenvalue weighted by molar-refractivity contribution is 0.211. The van der Waals surface area contributed by atoms with Crippen LogP contribution >= 0.6 is 11.3 Å². The summed E-state index contributed by atoms with van der Waals surface area (Å²) in [7, 11) is -3.19. The summed E-state index contributed by atoms with van der Waals surface area (Å²) >= 11 is 1.44. The maximum atomic E-state index is 11.7. The number of aryl methyl sites for hydroxylation is 2. The summed E-state index contributed by atoms with van der Waals surface area (Å²) in [6, 6.07) is 13.1. The Morgan fingerprint density at radius 1 is 1.13 bits per heavy atom. The van der Waals surface area contributed by atoms with E-state index in [-0.39, 0.29) is 6.04 Å². The van der Waals surface area contributed by atoms with E-state index in [0.717, 1.165) is 54.0 Å². The molecular formula is C27H28N6O3S2. The third kappa shape index (κ3) is 5.78. The van der Waals surface area contributed by atoms with Crippen LogP contribution in [0.25, 0.3) is 10.3 Å². The van der Waals surface area contributed by atoms with Gasteiger partial charge in [0, 0.05) is 31.9 Å². The van der Waals surface area contributed by atoms with Crippen LogP contribution in [0.3, 0.4) is 0 Å². The molecule has 11 heteroatoms. The number of hydrogen-bond acceptors (Lipinski definition) is 10. The number of piperidine rings is 1. The van der Waals surface area contributed by atoms with Crippen LogP contribution in [0.1, 0.15) is 35.1 Å². The van der Waals surface area contributed by atoms with Crippen LogP contribution in [0, 0.1) is 25.2 Å². The minimum absolute atomic E-state index is 0.218. The zero-order chi connectivity index (χ0) is 26.9. The summed E-state index contributed by atoms with van der Waals surface area (Å²) < 4.78 is 29.6. The number of nitrogens with zero attached hydrogens (tertiary/aromatic N) is 5. The number of hydrogen-bond donors (Lipinski definition) is 1. The number of benzene rings is 2. The summed E-state index contributed by atoms with van der Waals surface area (Å²) in [5.41, 5.74) is 5.75. The van der Waals surface area contributed by atoms with Crippen molar-refractivity contribution in [3.05, 3.63) is 64.2 Å². The Hall–Kier alpha value is -3.59. The highest BCUT2D eigenvalue weighted by molar-refractivity contribution is 7.90. The summed E-state index contributed by atoms with van der Waals surface area (Å²) in [5.74, 6) is 1.57. The van der Waals surface area contributed by atoms with Crippen LogP contribution in [0.5, 0.6) is 11.6 Å². The molecule has 0 spiro atoms. The van der Waals surface area contributed by atoms with Crippen LogP contribution in [0.2, 0.25) is 0 Å². The molecular weight excluding hydrogens is 520 g/mol. The summed E-state index contributed by atoms with van der Waals surface area (Å²) in [6.45, 7) is 6.41. The van der Waals surface area contributed by atoms with Crippen molar-refractivity contribution in [3.8, 4) is 17.7 Å². The lowest BCUT2D eigenvalue weighted by Crippen LogP contribution is -2.39. The van der Waals surface area contributed by atoms with Gasteiger partial charge in [-0.15, -0.1) is 11.3 Å². The lowest BCUT2D eigenvalue weighted by atomic mass is 10.0. The van der Waals surface area contributed by atoms with Gasteiger partial charge >= 0.3 is 0 Å². The van der Waals surface area contributed by atoms with Crippen LogP contribution in [-0.2, 0) is 16.4 Å². The average molecular weight is 549 g/mol. The smallest absolute Gasteiger partial charge is 0.252 e. The van der Waals surface area contributed by atoms with Crippen LogP contribution in [0.15, 0.2) is 46.8 Å². The van der Waals surface area contributed by atoms with Crippen molar-refractivity contribution in [1.82, 2.24) is 19.9 Å². The first-order chi connectivity index (χ1) is 18.2. The normalized spacial score (nSPS) is 14.9. The van der Waals surface area contributed by atoms with Gasteiger partial charge in [0.2, 0.25) is 5.95 Å². The fourth-order valence-corrected chi connectivity index (χ4v) is 5.94. The quantitative estimate of drug-likeness (QED) is 0.345. The number of nitriles is 1. The molecule has 1 N–H and O–H groups in total. The Morgan fingerprint density at radius 3 is 2.45 bits per heavy atom. The van der Waals surface area contributed by atoms with Gasteiger partial charge in [0.15, 0.2) is 20.2 Å². The van der Waals surface area contributed by atoms with E-state index in [1.54, 1.807) is 29.8 Å². The van der Waals surface area contributed by atoms with E-state index in [4.69, 9.17) is 4.74 Å². The second-order valence-corrected chi connectivity index (χ2v) is 12.5. The molecule has 1 fully saturated rings. The fraction of sp³-hybridized carbons (Fsp3) is 0.333. The first kappa shape index (κ1) is 26.0. The monoisotopic (exact) mass is 548 g/mol. The van der Waals surface area contributed by atoms with Crippen molar-refractivity contribution in [2.75, 3.05) is 24.7 Å². The Bertz CT molecular complexity index is 1600. The van der Waals surface area contributed by atoms with Crippen LogP contribution in [-0.4, -0.2) is 53.7 Å². The van der Waals surface area contributed by atoms with Crippen LogP contribution in [0.4, 0.5) is 5.95 Å². The van der Waals surface area contributed by atoms with Crippen molar-refractivity contribution in [1.29, 1.82) is 5.26 Å². The third-order valence-corrected chi connectivity index (χ3v) is 8.48. The van der Waals surface area contributed by atoms with Crippen molar-refractivity contribution in [3.63, 3.8) is 0 Å². The minimum Gasteiger partial charge on any atom is -0.436 e. The SMILES string of the molecule is Cc1cc(C#N)cc(C)c1Oc1nc(NC2CCN(Cc3ccc(S(C)(=O)=O)cc3)CC2)nc2scnc12. The molecule has 0 unspecified atom stereocenters. The molecule has 2 aromatic carbocycles. The molecule has 196 valence electrons. The van der Waals surface area contributed by atoms with Crippen LogP contribution < -0.4 is 10.1 Å². The van der Waals surface area contributed by atoms with Gasteiger partial charge in [-0.2, -0.15) is 15.2 Å². The highest BCUT2D eigenvalue weighted by atomic mass is 32.2. The van der Waals surface area contributed by atoms with E-state index < -0.39 is 9.84 Å². The second kappa shape index (κ2) is 10.6. The van der Waals surface area contributed by atoms with E-state index in [1.165, 1.54) is 17.6 Å². The summed E-state index contributed by atoms with van der Waals surface area (Å²) in [5, 5.41) is 12.7. The van der Waals surface area contributed by atoms with Crippen molar-refractivity contribution < 1.29 is 13.2 Å². The minimum atomic E-state index is -3.19. The number of ether oxygens (including phenoxy) is 1. The predicted molar refractivity (Wildman–Crippen MR) is 147 cm³/mol. The molecule has 0 atom stereocenters. The molecule has 2 aromatic heterocycles. The Labute approximate surface area is 226 Å². The van der Waals surface area contributed by atoms with Gasteiger partial charge in [-0.3, -0.25) is 4.90 Å². The molecule has 0 amide bonds. The maximum absolute atomic E-state index is 11.7. The number of thiazole rings is 1. The van der Waals surface area contributed by atoms with Gasteiger partial charge in [-0.05, 0) is 67.6 Å². The molecule has 9 nitrogen and oxygen atoms in total.